The van der Waals surface area contributed by atoms with E-state index in [2.05, 4.69) is 25.7 Å². The number of carbonyl (C=O) groups excluding carboxylic acids is 2. The second-order valence-corrected chi connectivity index (χ2v) is 10.6. The summed E-state index contributed by atoms with van der Waals surface area (Å²) in [5.41, 5.74) is 2.75. The van der Waals surface area contributed by atoms with Crippen LogP contribution in [0.1, 0.15) is 85.6 Å². The molecule has 4 aromatic rings. The molecule has 0 saturated heterocycles. The summed E-state index contributed by atoms with van der Waals surface area (Å²) in [7, 11) is 0. The molecular weight excluding hydrogens is 527 g/mol. The van der Waals surface area contributed by atoms with Crippen LogP contribution in [0.15, 0.2) is 78.9 Å². The molecule has 0 radical (unpaired) electrons. The van der Waals surface area contributed by atoms with Gasteiger partial charge in [-0.3, -0.25) is 0 Å². The van der Waals surface area contributed by atoms with Gasteiger partial charge in [0.05, 0.1) is 23.3 Å². The van der Waals surface area contributed by atoms with E-state index in [1.165, 1.54) is 18.9 Å². The Kier molecular flexibility index (Phi) is 10.9. The van der Waals surface area contributed by atoms with Crippen molar-refractivity contribution in [1.82, 2.24) is 0 Å². The van der Waals surface area contributed by atoms with Crippen LogP contribution in [0.3, 0.4) is 0 Å². The van der Waals surface area contributed by atoms with E-state index in [9.17, 15) is 14.0 Å². The van der Waals surface area contributed by atoms with E-state index in [0.29, 0.717) is 40.5 Å². The number of halogens is 1. The molecule has 0 aliphatic rings. The number of esters is 2. The molecule has 0 saturated carbocycles. The number of benzene rings is 4. The molecule has 4 rings (SSSR count). The van der Waals surface area contributed by atoms with Crippen molar-refractivity contribution in [1.29, 1.82) is 0 Å². The molecule has 0 spiro atoms. The molecule has 0 fully saturated rings. The van der Waals surface area contributed by atoms with Gasteiger partial charge in [-0.2, -0.15) is 0 Å². The van der Waals surface area contributed by atoms with Crippen LogP contribution in [0.4, 0.5) is 4.39 Å². The van der Waals surface area contributed by atoms with E-state index in [1.54, 1.807) is 54.6 Å². The van der Waals surface area contributed by atoms with Crippen molar-refractivity contribution in [2.75, 3.05) is 6.61 Å². The second kappa shape index (κ2) is 15.0. The van der Waals surface area contributed by atoms with Crippen LogP contribution in [0.2, 0.25) is 0 Å². The summed E-state index contributed by atoms with van der Waals surface area (Å²) in [5.74, 6) is 5.51. The topological polar surface area (TPSA) is 52.6 Å². The Bertz CT molecular complexity index is 1590. The second-order valence-electron chi connectivity index (χ2n) is 10.6. The summed E-state index contributed by atoms with van der Waals surface area (Å²) in [6, 6.07) is 22.4. The van der Waals surface area contributed by atoms with Crippen molar-refractivity contribution in [2.24, 2.45) is 5.92 Å². The van der Waals surface area contributed by atoms with Crippen molar-refractivity contribution >= 4 is 22.7 Å². The molecule has 216 valence electrons. The zero-order valence-corrected chi connectivity index (χ0v) is 24.5. The minimum Gasteiger partial charge on any atom is -0.462 e. The quantitative estimate of drug-likeness (QED) is 0.0788. The van der Waals surface area contributed by atoms with Gasteiger partial charge in [0.1, 0.15) is 11.6 Å². The van der Waals surface area contributed by atoms with Crippen molar-refractivity contribution in [3.63, 3.8) is 0 Å². The molecule has 42 heavy (non-hydrogen) atoms. The molecule has 0 bridgehead atoms. The molecule has 0 aliphatic carbocycles. The lowest BCUT2D eigenvalue weighted by Gasteiger charge is -2.10. The van der Waals surface area contributed by atoms with Crippen molar-refractivity contribution < 1.29 is 23.5 Å². The van der Waals surface area contributed by atoms with Gasteiger partial charge in [0, 0.05) is 6.42 Å². The van der Waals surface area contributed by atoms with Gasteiger partial charge in [-0.1, -0.05) is 88.6 Å². The van der Waals surface area contributed by atoms with E-state index in [4.69, 9.17) is 9.47 Å². The number of hydrogen-bond acceptors (Lipinski definition) is 4. The maximum absolute atomic E-state index is 14.7. The minimum atomic E-state index is -0.498. The lowest BCUT2D eigenvalue weighted by molar-refractivity contribution is 0.0447. The highest BCUT2D eigenvalue weighted by molar-refractivity contribution is 5.96. The summed E-state index contributed by atoms with van der Waals surface area (Å²) in [6.07, 6.45) is 6.28. The number of fused-ring (bicyclic) bond motifs is 1. The zero-order chi connectivity index (χ0) is 29.9. The SMILES string of the molecule is CCCCCCC#Cc1ccc(-c2ccc(C(=O)Oc3ccc4cc(C(=O)OCC(C)CC)ccc4c3)cc2)cc1F. The largest absolute Gasteiger partial charge is 0.462 e. The average molecular weight is 565 g/mol. The van der Waals surface area contributed by atoms with Crippen LogP contribution in [0.5, 0.6) is 5.75 Å². The number of ether oxygens (including phenoxy) is 2. The average Bonchev–Trinajstić information content (AvgIpc) is 3.01. The fraction of sp³-hybridized carbons (Fsp3) is 0.297. The molecule has 0 aliphatic heterocycles. The van der Waals surface area contributed by atoms with Crippen molar-refractivity contribution in [2.45, 2.75) is 59.3 Å². The monoisotopic (exact) mass is 564 g/mol. The van der Waals surface area contributed by atoms with Gasteiger partial charge in [-0.15, -0.1) is 0 Å². The molecule has 0 N–H and O–H groups in total. The first-order valence-electron chi connectivity index (χ1n) is 14.7. The van der Waals surface area contributed by atoms with Gasteiger partial charge >= 0.3 is 11.9 Å². The molecule has 1 atom stereocenters. The first-order valence-corrected chi connectivity index (χ1v) is 14.7. The standard InChI is InChI=1S/C37H37FO4/c1-4-6-7-8-9-10-11-28-14-17-32(24-35(28)38)27-12-15-29(16-13-27)37(40)42-34-21-20-30-22-33(19-18-31(30)23-34)36(39)41-25-26(3)5-2/h12-24,26H,4-9,25H2,1-3H3. The third kappa shape index (κ3) is 8.30. The molecule has 4 nitrogen and oxygen atoms in total. The van der Waals surface area contributed by atoms with Crippen LogP contribution in [-0.4, -0.2) is 18.5 Å². The highest BCUT2D eigenvalue weighted by atomic mass is 19.1. The lowest BCUT2D eigenvalue weighted by atomic mass is 10.0. The van der Waals surface area contributed by atoms with Gasteiger partial charge in [-0.05, 0) is 82.8 Å². The summed E-state index contributed by atoms with van der Waals surface area (Å²) in [5, 5.41) is 1.68. The van der Waals surface area contributed by atoms with Crippen LogP contribution in [-0.2, 0) is 4.74 Å². The molecule has 4 aromatic carbocycles. The van der Waals surface area contributed by atoms with Crippen molar-refractivity contribution in [3.8, 4) is 28.7 Å². The normalized spacial score (nSPS) is 11.4. The Labute approximate surface area is 247 Å². The molecule has 0 aromatic heterocycles. The summed E-state index contributed by atoms with van der Waals surface area (Å²) in [4.78, 5) is 25.2. The molecular formula is C37H37FO4. The molecule has 1 unspecified atom stereocenters. The van der Waals surface area contributed by atoms with Gasteiger partial charge < -0.3 is 9.47 Å². The van der Waals surface area contributed by atoms with E-state index >= 15 is 0 Å². The Morgan fingerprint density at radius 2 is 1.50 bits per heavy atom. The van der Waals surface area contributed by atoms with Gasteiger partial charge in [-0.25, -0.2) is 14.0 Å². The third-order valence-electron chi connectivity index (χ3n) is 7.26. The fourth-order valence-electron chi connectivity index (χ4n) is 4.39. The Hall–Kier alpha value is -4.43. The maximum Gasteiger partial charge on any atom is 0.343 e. The van der Waals surface area contributed by atoms with E-state index in [0.717, 1.165) is 42.0 Å². The van der Waals surface area contributed by atoms with Crippen molar-refractivity contribution in [3.05, 3.63) is 101 Å². The van der Waals surface area contributed by atoms with E-state index < -0.39 is 5.97 Å². The Balaban J connectivity index is 1.37. The van der Waals surface area contributed by atoms with Crippen LogP contribution in [0, 0.1) is 23.6 Å². The van der Waals surface area contributed by atoms with Crippen LogP contribution < -0.4 is 4.74 Å². The number of unbranched alkanes of at least 4 members (excludes halogenated alkanes) is 4. The Morgan fingerprint density at radius 1 is 0.786 bits per heavy atom. The lowest BCUT2D eigenvalue weighted by Crippen LogP contribution is -2.11. The fourth-order valence-corrected chi connectivity index (χ4v) is 4.39. The predicted molar refractivity (Wildman–Crippen MR) is 166 cm³/mol. The van der Waals surface area contributed by atoms with Gasteiger partial charge in [0.15, 0.2) is 0 Å². The predicted octanol–water partition coefficient (Wildman–Crippen LogP) is 9.39. The van der Waals surface area contributed by atoms with E-state index in [1.807, 2.05) is 25.1 Å². The molecule has 0 amide bonds. The molecule has 0 heterocycles. The first kappa shape index (κ1) is 30.5. The van der Waals surface area contributed by atoms with Gasteiger partial charge in [0.25, 0.3) is 0 Å². The number of rotatable bonds is 11. The van der Waals surface area contributed by atoms with Crippen LogP contribution >= 0.6 is 0 Å². The number of carbonyl (C=O) groups is 2. The Morgan fingerprint density at radius 3 is 2.24 bits per heavy atom. The highest BCUT2D eigenvalue weighted by Crippen LogP contribution is 2.25. The first-order chi connectivity index (χ1) is 20.4. The minimum absolute atomic E-state index is 0.312. The van der Waals surface area contributed by atoms with Gasteiger partial charge in [0.2, 0.25) is 0 Å². The molecule has 5 heteroatoms. The highest BCUT2D eigenvalue weighted by Gasteiger charge is 2.13. The smallest absolute Gasteiger partial charge is 0.343 e. The van der Waals surface area contributed by atoms with Crippen LogP contribution in [0.25, 0.3) is 21.9 Å². The zero-order valence-electron chi connectivity index (χ0n) is 24.5. The third-order valence-corrected chi connectivity index (χ3v) is 7.26. The number of hydrogen-bond donors (Lipinski definition) is 0. The summed E-state index contributed by atoms with van der Waals surface area (Å²) in [6.45, 7) is 6.66. The summed E-state index contributed by atoms with van der Waals surface area (Å²) >= 11 is 0. The summed E-state index contributed by atoms with van der Waals surface area (Å²) < 4.78 is 25.7. The van der Waals surface area contributed by atoms with E-state index in [-0.39, 0.29) is 11.8 Å². The maximum atomic E-state index is 14.7.